The van der Waals surface area contributed by atoms with E-state index in [9.17, 15) is 0 Å². The lowest BCUT2D eigenvalue weighted by Crippen LogP contribution is -2.09. The molecule has 0 aliphatic rings. The summed E-state index contributed by atoms with van der Waals surface area (Å²) in [4.78, 5) is 2.42. The van der Waals surface area contributed by atoms with Crippen LogP contribution in [-0.2, 0) is 6.42 Å². The van der Waals surface area contributed by atoms with Crippen molar-refractivity contribution in [2.24, 2.45) is 0 Å². The Labute approximate surface area is 317 Å². The van der Waals surface area contributed by atoms with Gasteiger partial charge in [-0.25, -0.2) is 0 Å². The Morgan fingerprint density at radius 2 is 1.08 bits per heavy atom. The smallest absolute Gasteiger partial charge is 0.0468 e. The highest BCUT2D eigenvalue weighted by atomic mass is 32.1. The van der Waals surface area contributed by atoms with Crippen LogP contribution < -0.4 is 4.90 Å². The van der Waals surface area contributed by atoms with E-state index in [0.717, 1.165) is 23.5 Å². The molecule has 0 bridgehead atoms. The predicted molar refractivity (Wildman–Crippen MR) is 234 cm³/mol. The molecule has 53 heavy (non-hydrogen) atoms. The lowest BCUT2D eigenvalue weighted by molar-refractivity contribution is 1.29. The zero-order valence-corrected chi connectivity index (χ0v) is 30.9. The first-order valence-electron chi connectivity index (χ1n) is 18.1. The average Bonchev–Trinajstić information content (AvgIpc) is 3.77. The fraction of sp³-hybridized carbons (Fsp3) is 0.0400. The Morgan fingerprint density at radius 1 is 0.472 bits per heavy atom. The second-order valence-corrected chi connectivity index (χ2v) is 15.9. The van der Waals surface area contributed by atoms with Crippen LogP contribution in [0.2, 0.25) is 0 Å². The molecule has 0 aliphatic heterocycles. The molecule has 0 amide bonds. The molecule has 0 fully saturated rings. The molecule has 0 N–H and O–H groups in total. The van der Waals surface area contributed by atoms with Gasteiger partial charge in [-0.15, -0.1) is 22.7 Å². The van der Waals surface area contributed by atoms with Crippen LogP contribution in [0.3, 0.4) is 0 Å². The van der Waals surface area contributed by atoms with E-state index in [0.29, 0.717) is 0 Å². The Hall–Kier alpha value is -6.00. The second-order valence-electron chi connectivity index (χ2n) is 13.8. The lowest BCUT2D eigenvalue weighted by atomic mass is 9.93. The van der Waals surface area contributed by atoms with E-state index in [2.05, 4.69) is 194 Å². The van der Waals surface area contributed by atoms with E-state index < -0.39 is 0 Å². The zero-order valence-electron chi connectivity index (χ0n) is 29.3. The largest absolute Gasteiger partial charge is 0.310 e. The van der Waals surface area contributed by atoms with E-state index in [1.54, 1.807) is 0 Å². The first-order valence-corrected chi connectivity index (χ1v) is 19.8. The Bertz CT molecular complexity index is 2970. The van der Waals surface area contributed by atoms with Crippen LogP contribution in [0.5, 0.6) is 0 Å². The molecule has 2 aromatic heterocycles. The standard InChI is InChI=1S/C50H35NS2/c1-33-14-13-23-47-49(33)43-31-39(24-26-45(43)52-47)51(38-19-9-4-10-20-38)40-25-27-46-44(32-40)50-42-22-12-11-21-41(42)37(30-48(50)53-46)29-36(35-17-7-3-8-18-35)28-34-15-5-2-6-16-34/h2-27,29-32H,28H2,1H3/b36-29-. The van der Waals surface area contributed by atoms with Crippen LogP contribution >= 0.6 is 22.7 Å². The molecule has 1 nitrogen and oxygen atoms in total. The normalized spacial score (nSPS) is 12.1. The van der Waals surface area contributed by atoms with Gasteiger partial charge in [-0.1, -0.05) is 121 Å². The molecule has 252 valence electrons. The van der Waals surface area contributed by atoms with Crippen molar-refractivity contribution >= 4 is 103 Å². The number of hydrogen-bond donors (Lipinski definition) is 0. The number of anilines is 3. The molecule has 10 rings (SSSR count). The fourth-order valence-electron chi connectivity index (χ4n) is 7.96. The van der Waals surface area contributed by atoms with Gasteiger partial charge in [-0.2, -0.15) is 0 Å². The Balaban J connectivity index is 1.16. The van der Waals surface area contributed by atoms with Gasteiger partial charge in [0.2, 0.25) is 0 Å². The summed E-state index contributed by atoms with van der Waals surface area (Å²) in [6, 6.07) is 64.4. The molecule has 0 aliphatic carbocycles. The molecule has 0 atom stereocenters. The van der Waals surface area contributed by atoms with Gasteiger partial charge in [-0.05, 0) is 113 Å². The van der Waals surface area contributed by atoms with Gasteiger partial charge in [0.15, 0.2) is 0 Å². The quantitative estimate of drug-likeness (QED) is 0.149. The number of fused-ring (bicyclic) bond motifs is 8. The van der Waals surface area contributed by atoms with Gasteiger partial charge >= 0.3 is 0 Å². The number of benzene rings is 8. The zero-order chi connectivity index (χ0) is 35.3. The molecular weight excluding hydrogens is 679 g/mol. The van der Waals surface area contributed by atoms with Crippen molar-refractivity contribution in [2.45, 2.75) is 13.3 Å². The van der Waals surface area contributed by atoms with Crippen LogP contribution in [0.1, 0.15) is 22.3 Å². The molecule has 10 aromatic rings. The summed E-state index contributed by atoms with van der Waals surface area (Å²) in [7, 11) is 0. The van der Waals surface area contributed by atoms with E-state index in [4.69, 9.17) is 0 Å². The SMILES string of the molecule is Cc1cccc2sc3ccc(N(c4ccccc4)c4ccc5sc6cc(/C=C(/Cc7ccccc7)c7ccccc7)c7ccccc7c6c5c4)cc3c12. The van der Waals surface area contributed by atoms with Gasteiger partial charge < -0.3 is 4.90 Å². The summed E-state index contributed by atoms with van der Waals surface area (Å²) >= 11 is 3.76. The highest BCUT2D eigenvalue weighted by molar-refractivity contribution is 7.26. The van der Waals surface area contributed by atoms with Crippen molar-refractivity contribution in [3.8, 4) is 0 Å². The number of aryl methyl sites for hydroxylation is 1. The highest BCUT2D eigenvalue weighted by Gasteiger charge is 2.18. The third-order valence-electron chi connectivity index (χ3n) is 10.4. The Morgan fingerprint density at radius 3 is 1.79 bits per heavy atom. The van der Waals surface area contributed by atoms with Crippen LogP contribution in [0.25, 0.3) is 62.8 Å². The number of hydrogen-bond acceptors (Lipinski definition) is 3. The maximum Gasteiger partial charge on any atom is 0.0468 e. The van der Waals surface area contributed by atoms with Gasteiger partial charge in [0.25, 0.3) is 0 Å². The van der Waals surface area contributed by atoms with Crippen LogP contribution in [0.4, 0.5) is 17.1 Å². The number of nitrogens with zero attached hydrogens (tertiary/aromatic N) is 1. The minimum absolute atomic E-state index is 0.870. The van der Waals surface area contributed by atoms with Crippen molar-refractivity contribution in [3.63, 3.8) is 0 Å². The summed E-state index contributed by atoms with van der Waals surface area (Å²) in [5.41, 5.74) is 9.92. The number of thiophene rings is 2. The van der Waals surface area contributed by atoms with E-state index in [1.807, 2.05) is 22.7 Å². The van der Waals surface area contributed by atoms with Crippen molar-refractivity contribution in [1.29, 1.82) is 0 Å². The minimum atomic E-state index is 0.870. The molecular formula is C50H35NS2. The monoisotopic (exact) mass is 713 g/mol. The van der Waals surface area contributed by atoms with Crippen molar-refractivity contribution in [2.75, 3.05) is 4.90 Å². The molecule has 0 spiro atoms. The summed E-state index contributed by atoms with van der Waals surface area (Å²) in [5.74, 6) is 0. The second kappa shape index (κ2) is 13.2. The average molecular weight is 714 g/mol. The summed E-state index contributed by atoms with van der Waals surface area (Å²) in [6.07, 6.45) is 3.29. The lowest BCUT2D eigenvalue weighted by Gasteiger charge is -2.26. The van der Waals surface area contributed by atoms with Gasteiger partial charge in [0.05, 0.1) is 0 Å². The molecule has 0 saturated heterocycles. The van der Waals surface area contributed by atoms with Crippen molar-refractivity contribution < 1.29 is 0 Å². The molecule has 8 aromatic carbocycles. The topological polar surface area (TPSA) is 3.24 Å². The first-order chi connectivity index (χ1) is 26.2. The minimum Gasteiger partial charge on any atom is -0.310 e. The Kier molecular flexibility index (Phi) is 7.90. The fourth-order valence-corrected chi connectivity index (χ4v) is 10.3. The number of rotatable bonds is 7. The molecule has 3 heteroatoms. The molecule has 0 unspecified atom stereocenters. The van der Waals surface area contributed by atoms with Gasteiger partial charge in [0.1, 0.15) is 0 Å². The van der Waals surface area contributed by atoms with Crippen molar-refractivity contribution in [1.82, 2.24) is 0 Å². The summed E-state index contributed by atoms with van der Waals surface area (Å²) in [6.45, 7) is 2.23. The molecule has 0 saturated carbocycles. The summed E-state index contributed by atoms with van der Waals surface area (Å²) in [5, 5.41) is 7.86. The highest BCUT2D eigenvalue weighted by Crippen LogP contribution is 2.45. The van der Waals surface area contributed by atoms with E-state index in [-0.39, 0.29) is 0 Å². The summed E-state index contributed by atoms with van der Waals surface area (Å²) < 4.78 is 5.26. The third-order valence-corrected chi connectivity index (χ3v) is 12.7. The first kappa shape index (κ1) is 31.7. The van der Waals surface area contributed by atoms with Crippen LogP contribution in [0, 0.1) is 6.92 Å². The van der Waals surface area contributed by atoms with Crippen LogP contribution in [-0.4, -0.2) is 0 Å². The van der Waals surface area contributed by atoms with Gasteiger partial charge in [-0.3, -0.25) is 0 Å². The maximum absolute atomic E-state index is 2.42. The maximum atomic E-state index is 2.42. The van der Waals surface area contributed by atoms with Crippen LogP contribution in [0.15, 0.2) is 176 Å². The predicted octanol–water partition coefficient (Wildman–Crippen LogP) is 15.1. The molecule has 0 radical (unpaired) electrons. The number of para-hydroxylation sites is 1. The third kappa shape index (κ3) is 5.70. The number of allylic oxidation sites excluding steroid dienone is 1. The van der Waals surface area contributed by atoms with Crippen molar-refractivity contribution in [3.05, 3.63) is 198 Å². The van der Waals surface area contributed by atoms with Gasteiger partial charge in [0, 0.05) is 57.4 Å². The van der Waals surface area contributed by atoms with E-state index in [1.165, 1.54) is 78.9 Å². The van der Waals surface area contributed by atoms with E-state index >= 15 is 0 Å². The molecule has 2 heterocycles.